The number of aryl methyl sites for hydroxylation is 1. The van der Waals surface area contributed by atoms with Gasteiger partial charge >= 0.3 is 5.63 Å². The first kappa shape index (κ1) is 19.6. The fraction of sp³-hybridized carbons (Fsp3) is 0.174. The van der Waals surface area contributed by atoms with Gasteiger partial charge in [-0.3, -0.25) is 9.78 Å². The molecule has 0 aliphatic carbocycles. The molecule has 0 amide bonds. The quantitative estimate of drug-likeness (QED) is 0.511. The van der Waals surface area contributed by atoms with E-state index in [-0.39, 0.29) is 30.3 Å². The predicted molar refractivity (Wildman–Crippen MR) is 112 cm³/mol. The summed E-state index contributed by atoms with van der Waals surface area (Å²) in [5.74, 6) is 0. The minimum Gasteiger partial charge on any atom is -0.460 e. The smallest absolute Gasteiger partial charge is 0.337 e. The minimum atomic E-state index is -0.555. The largest absolute Gasteiger partial charge is 0.460 e. The van der Waals surface area contributed by atoms with Crippen LogP contribution in [0, 0.1) is 0 Å². The molecule has 0 unspecified atom stereocenters. The molecule has 7 heteroatoms. The minimum absolute atomic E-state index is 0.0120. The first-order chi connectivity index (χ1) is 14.6. The molecule has 2 aromatic heterocycles. The highest BCUT2D eigenvalue weighted by atomic mass is 16.5. The Balaban J connectivity index is 1.65. The summed E-state index contributed by atoms with van der Waals surface area (Å²) < 4.78 is 10.8. The molecule has 0 saturated carbocycles. The molecule has 0 aliphatic heterocycles. The van der Waals surface area contributed by atoms with Crippen LogP contribution in [0.1, 0.15) is 23.6 Å². The summed E-state index contributed by atoms with van der Waals surface area (Å²) in [6, 6.07) is 16.6. The van der Waals surface area contributed by atoms with Gasteiger partial charge in [-0.2, -0.15) is 4.98 Å². The van der Waals surface area contributed by atoms with Gasteiger partial charge in [-0.05, 0) is 34.2 Å². The van der Waals surface area contributed by atoms with Gasteiger partial charge in [0.15, 0.2) is 0 Å². The Morgan fingerprint density at radius 2 is 1.83 bits per heavy atom. The molecule has 4 aromatic rings. The Kier molecular flexibility index (Phi) is 5.45. The Hall–Kier alpha value is -3.71. The third kappa shape index (κ3) is 3.88. The number of hydrogen-bond donors (Lipinski definition) is 2. The topological polar surface area (TPSA) is 105 Å². The molecule has 0 fully saturated rings. The fourth-order valence-electron chi connectivity index (χ4n) is 3.34. The zero-order valence-corrected chi connectivity index (χ0v) is 16.3. The molecule has 0 radical (unpaired) electrons. The number of nitrogens with one attached hydrogen (secondary N) is 1. The van der Waals surface area contributed by atoms with Crippen molar-refractivity contribution < 1.29 is 14.3 Å². The molecule has 30 heavy (non-hydrogen) atoms. The molecule has 7 nitrogen and oxygen atoms in total. The number of hydrogen-bond acceptors (Lipinski definition) is 6. The Bertz CT molecular complexity index is 1310. The lowest BCUT2D eigenvalue weighted by molar-refractivity contribution is 0.280. The number of benzene rings is 2. The van der Waals surface area contributed by atoms with E-state index in [2.05, 4.69) is 9.97 Å². The first-order valence-electron chi connectivity index (χ1n) is 9.57. The van der Waals surface area contributed by atoms with E-state index in [1.807, 2.05) is 55.5 Å². The van der Waals surface area contributed by atoms with Crippen molar-refractivity contribution in [2.24, 2.45) is 0 Å². The normalized spacial score (nSPS) is 11.0. The second-order valence-corrected chi connectivity index (χ2v) is 6.80. The summed E-state index contributed by atoms with van der Waals surface area (Å²) in [7, 11) is 0. The van der Waals surface area contributed by atoms with Crippen molar-refractivity contribution in [3.8, 4) is 17.1 Å². The van der Waals surface area contributed by atoms with Crippen molar-refractivity contribution >= 4 is 11.1 Å². The van der Waals surface area contributed by atoms with Gasteiger partial charge < -0.3 is 14.3 Å². The van der Waals surface area contributed by atoms with E-state index in [1.165, 1.54) is 6.07 Å². The number of aromatic nitrogens is 2. The van der Waals surface area contributed by atoms with Crippen molar-refractivity contribution in [3.05, 3.63) is 92.1 Å². The van der Waals surface area contributed by atoms with Gasteiger partial charge in [0.1, 0.15) is 12.0 Å². The Morgan fingerprint density at radius 3 is 2.57 bits per heavy atom. The molecular weight excluding hydrogens is 384 g/mol. The molecule has 0 saturated heterocycles. The highest BCUT2D eigenvalue weighted by molar-refractivity contribution is 5.75. The molecule has 0 atom stereocenters. The number of aliphatic hydroxyl groups excluding tert-OH is 1. The van der Waals surface area contributed by atoms with Crippen LogP contribution in [0.2, 0.25) is 0 Å². The summed E-state index contributed by atoms with van der Waals surface area (Å²) in [5.41, 5.74) is 3.24. The zero-order valence-electron chi connectivity index (χ0n) is 16.3. The van der Waals surface area contributed by atoms with Crippen LogP contribution in [0.15, 0.2) is 68.6 Å². The summed E-state index contributed by atoms with van der Waals surface area (Å²) in [4.78, 5) is 31.0. The molecule has 2 heterocycles. The standard InChI is InChI=1S/C23H20N2O5/c1-2-15-11-19(27)30-22-20(15)21(28)24-23(25-22)29-13-17-5-3-4-6-18(17)16-9-7-14(12-26)8-10-16/h3-11,26H,2,12-13H2,1H3,(H,24,25,28). The number of aromatic amines is 1. The van der Waals surface area contributed by atoms with Crippen molar-refractivity contribution in [3.63, 3.8) is 0 Å². The van der Waals surface area contributed by atoms with Crippen LogP contribution >= 0.6 is 0 Å². The zero-order chi connectivity index (χ0) is 21.1. The molecule has 152 valence electrons. The van der Waals surface area contributed by atoms with Crippen LogP contribution in [-0.4, -0.2) is 15.1 Å². The van der Waals surface area contributed by atoms with Crippen molar-refractivity contribution in [2.75, 3.05) is 0 Å². The van der Waals surface area contributed by atoms with Crippen molar-refractivity contribution in [1.82, 2.24) is 9.97 Å². The summed E-state index contributed by atoms with van der Waals surface area (Å²) >= 11 is 0. The maximum atomic E-state index is 12.5. The second kappa shape index (κ2) is 8.34. The molecule has 2 N–H and O–H groups in total. The van der Waals surface area contributed by atoms with Crippen molar-refractivity contribution in [2.45, 2.75) is 26.6 Å². The number of rotatable bonds is 6. The van der Waals surface area contributed by atoms with Gasteiger partial charge in [-0.1, -0.05) is 55.5 Å². The lowest BCUT2D eigenvalue weighted by atomic mass is 9.99. The monoisotopic (exact) mass is 404 g/mol. The number of nitrogens with zero attached hydrogens (tertiary/aromatic N) is 1. The maximum absolute atomic E-state index is 12.5. The number of aliphatic hydroxyl groups is 1. The predicted octanol–water partition coefficient (Wildman–Crippen LogP) is 3.18. The Labute approximate surface area is 171 Å². The molecule has 0 aliphatic rings. The van der Waals surface area contributed by atoms with Crippen molar-refractivity contribution in [1.29, 1.82) is 0 Å². The van der Waals surface area contributed by atoms with Crippen LogP contribution in [0.4, 0.5) is 0 Å². The van der Waals surface area contributed by atoms with E-state index in [1.54, 1.807) is 0 Å². The number of fused-ring (bicyclic) bond motifs is 1. The first-order valence-corrected chi connectivity index (χ1v) is 9.57. The van der Waals surface area contributed by atoms with Crippen LogP contribution < -0.4 is 15.9 Å². The van der Waals surface area contributed by atoms with E-state index in [0.717, 1.165) is 22.3 Å². The van der Waals surface area contributed by atoms with Gasteiger partial charge in [-0.25, -0.2) is 4.79 Å². The van der Waals surface area contributed by atoms with Gasteiger partial charge in [0.2, 0.25) is 5.71 Å². The fourth-order valence-corrected chi connectivity index (χ4v) is 3.34. The summed E-state index contributed by atoms with van der Waals surface area (Å²) in [6.45, 7) is 1.99. The third-order valence-corrected chi connectivity index (χ3v) is 4.89. The van der Waals surface area contributed by atoms with E-state index in [0.29, 0.717) is 12.0 Å². The molecule has 4 rings (SSSR count). The van der Waals surface area contributed by atoms with Gasteiger partial charge in [0.25, 0.3) is 11.6 Å². The number of H-pyrrole nitrogens is 1. The lowest BCUT2D eigenvalue weighted by Crippen LogP contribution is -2.15. The average molecular weight is 404 g/mol. The van der Waals surface area contributed by atoms with E-state index in [4.69, 9.17) is 9.15 Å². The molecule has 0 bridgehead atoms. The third-order valence-electron chi connectivity index (χ3n) is 4.89. The van der Waals surface area contributed by atoms with Gasteiger partial charge in [-0.15, -0.1) is 0 Å². The van der Waals surface area contributed by atoms with Crippen LogP contribution in [0.3, 0.4) is 0 Å². The highest BCUT2D eigenvalue weighted by Crippen LogP contribution is 2.25. The number of ether oxygens (including phenoxy) is 1. The van der Waals surface area contributed by atoms with Crippen LogP contribution in [-0.2, 0) is 19.6 Å². The summed E-state index contributed by atoms with van der Waals surface area (Å²) in [6.07, 6.45) is 0.509. The lowest BCUT2D eigenvalue weighted by Gasteiger charge is -2.11. The van der Waals surface area contributed by atoms with Gasteiger partial charge in [0.05, 0.1) is 6.61 Å². The molecule has 2 aromatic carbocycles. The summed E-state index contributed by atoms with van der Waals surface area (Å²) in [5, 5.41) is 9.49. The Morgan fingerprint density at radius 1 is 1.07 bits per heavy atom. The average Bonchev–Trinajstić information content (AvgIpc) is 2.77. The highest BCUT2D eigenvalue weighted by Gasteiger charge is 2.13. The van der Waals surface area contributed by atoms with E-state index < -0.39 is 11.2 Å². The SMILES string of the molecule is CCc1cc(=O)oc2nc(OCc3ccccc3-c3ccc(CO)cc3)[nH]c(=O)c12. The van der Waals surface area contributed by atoms with Crippen LogP contribution in [0.25, 0.3) is 22.2 Å². The maximum Gasteiger partial charge on any atom is 0.337 e. The van der Waals surface area contributed by atoms with Crippen LogP contribution in [0.5, 0.6) is 6.01 Å². The molecule has 0 spiro atoms. The van der Waals surface area contributed by atoms with Gasteiger partial charge in [0, 0.05) is 6.07 Å². The van der Waals surface area contributed by atoms with E-state index in [9.17, 15) is 14.7 Å². The van der Waals surface area contributed by atoms with E-state index >= 15 is 0 Å². The molecular formula is C23H20N2O5. The second-order valence-electron chi connectivity index (χ2n) is 6.80.